The number of H-pyrrole nitrogens is 1. The number of nitrogens with zero attached hydrogens (tertiary/aromatic N) is 4. The lowest BCUT2D eigenvalue weighted by Gasteiger charge is -2.12. The number of rotatable bonds is 3. The lowest BCUT2D eigenvalue weighted by molar-refractivity contribution is 0.0684. The van der Waals surface area contributed by atoms with Gasteiger partial charge in [-0.1, -0.05) is 23.9 Å². The molecule has 8 heteroatoms. The molecule has 1 aliphatic heterocycles. The molecule has 1 N–H and O–H groups in total. The summed E-state index contributed by atoms with van der Waals surface area (Å²) in [4.78, 5) is 41.0. The monoisotopic (exact) mass is 311 g/mol. The molecule has 2 amide bonds. The van der Waals surface area contributed by atoms with Gasteiger partial charge in [0, 0.05) is 0 Å². The summed E-state index contributed by atoms with van der Waals surface area (Å²) in [5.74, 6) is -0.358. The smallest absolute Gasteiger partial charge is 0.262 e. The van der Waals surface area contributed by atoms with E-state index >= 15 is 0 Å². The summed E-state index contributed by atoms with van der Waals surface area (Å²) in [6, 6.07) is 6.83. The van der Waals surface area contributed by atoms with E-state index in [9.17, 15) is 9.59 Å². The van der Waals surface area contributed by atoms with Gasteiger partial charge in [-0.3, -0.25) is 14.5 Å². The van der Waals surface area contributed by atoms with Crippen LogP contribution in [-0.2, 0) is 0 Å². The molecule has 0 fully saturated rings. The van der Waals surface area contributed by atoms with E-state index in [2.05, 4.69) is 19.9 Å². The van der Waals surface area contributed by atoms with Crippen molar-refractivity contribution in [2.24, 2.45) is 0 Å². The first-order valence-corrected chi connectivity index (χ1v) is 7.46. The molecule has 0 atom stereocenters. The average Bonchev–Trinajstić information content (AvgIpc) is 3.11. The molecule has 2 aromatic heterocycles. The van der Waals surface area contributed by atoms with Gasteiger partial charge in [0.05, 0.1) is 23.3 Å². The minimum absolute atomic E-state index is 0.192. The molecule has 3 aromatic rings. The zero-order valence-corrected chi connectivity index (χ0v) is 12.0. The van der Waals surface area contributed by atoms with Crippen LogP contribution in [0.1, 0.15) is 20.7 Å². The third-order valence-corrected chi connectivity index (χ3v) is 4.37. The third-order valence-electron chi connectivity index (χ3n) is 3.40. The molecule has 1 aromatic carbocycles. The molecule has 0 saturated carbocycles. The maximum atomic E-state index is 12.3. The Kier molecular flexibility index (Phi) is 2.90. The van der Waals surface area contributed by atoms with Gasteiger partial charge in [0.1, 0.15) is 16.9 Å². The van der Waals surface area contributed by atoms with Crippen LogP contribution in [0.15, 0.2) is 41.9 Å². The van der Waals surface area contributed by atoms with Gasteiger partial charge < -0.3 is 4.98 Å². The number of aromatic amines is 1. The Morgan fingerprint density at radius 1 is 1.05 bits per heavy atom. The summed E-state index contributed by atoms with van der Waals surface area (Å²) in [5, 5.41) is 0.652. The van der Waals surface area contributed by atoms with E-state index in [1.165, 1.54) is 29.3 Å². The van der Waals surface area contributed by atoms with Crippen LogP contribution < -0.4 is 0 Å². The van der Waals surface area contributed by atoms with Gasteiger partial charge in [-0.05, 0) is 12.1 Å². The van der Waals surface area contributed by atoms with E-state index in [1.807, 2.05) is 0 Å². The normalized spacial score (nSPS) is 13.9. The Balaban J connectivity index is 1.59. The molecule has 7 nitrogen and oxygen atoms in total. The summed E-state index contributed by atoms with van der Waals surface area (Å²) in [7, 11) is 0. The number of aromatic nitrogens is 4. The minimum atomic E-state index is -0.275. The van der Waals surface area contributed by atoms with Gasteiger partial charge in [-0.15, -0.1) is 0 Å². The predicted octanol–water partition coefficient (Wildman–Crippen LogP) is 1.70. The van der Waals surface area contributed by atoms with Gasteiger partial charge in [0.25, 0.3) is 11.8 Å². The van der Waals surface area contributed by atoms with Crippen molar-refractivity contribution in [1.82, 2.24) is 24.8 Å². The second-order valence-corrected chi connectivity index (χ2v) is 5.57. The Morgan fingerprint density at radius 3 is 2.50 bits per heavy atom. The van der Waals surface area contributed by atoms with E-state index in [0.29, 0.717) is 27.3 Å². The molecule has 0 unspecified atom stereocenters. The SMILES string of the molecule is O=C1c2ccccc2C(=O)N1CSc1ncnc2nc[nH]c12. The highest BCUT2D eigenvalue weighted by Crippen LogP contribution is 2.28. The van der Waals surface area contributed by atoms with E-state index in [1.54, 1.807) is 24.3 Å². The fourth-order valence-electron chi connectivity index (χ4n) is 2.33. The average molecular weight is 311 g/mol. The van der Waals surface area contributed by atoms with Crippen LogP contribution in [0.5, 0.6) is 0 Å². The van der Waals surface area contributed by atoms with Crippen molar-refractivity contribution in [2.75, 3.05) is 5.88 Å². The van der Waals surface area contributed by atoms with Crippen molar-refractivity contribution >= 4 is 34.7 Å². The molecule has 4 rings (SSSR count). The molecule has 0 aliphatic carbocycles. The van der Waals surface area contributed by atoms with Crippen LogP contribution in [-0.4, -0.2) is 42.5 Å². The molecule has 22 heavy (non-hydrogen) atoms. The molecular weight excluding hydrogens is 302 g/mol. The number of thioether (sulfide) groups is 1. The number of imide groups is 1. The number of benzene rings is 1. The van der Waals surface area contributed by atoms with Crippen LogP contribution in [0.4, 0.5) is 0 Å². The highest BCUT2D eigenvalue weighted by atomic mass is 32.2. The van der Waals surface area contributed by atoms with Gasteiger partial charge in [-0.25, -0.2) is 15.0 Å². The lowest BCUT2D eigenvalue weighted by Crippen LogP contribution is -2.29. The Bertz CT molecular complexity index is 872. The molecule has 108 valence electrons. The third kappa shape index (κ3) is 1.88. The van der Waals surface area contributed by atoms with Crippen LogP contribution in [0.2, 0.25) is 0 Å². The summed E-state index contributed by atoms with van der Waals surface area (Å²) in [5.41, 5.74) is 2.15. The Morgan fingerprint density at radius 2 is 1.77 bits per heavy atom. The van der Waals surface area contributed by atoms with Gasteiger partial charge in [0.2, 0.25) is 0 Å². The number of amides is 2. The van der Waals surface area contributed by atoms with Crippen molar-refractivity contribution in [3.63, 3.8) is 0 Å². The van der Waals surface area contributed by atoms with Crippen LogP contribution in [0, 0.1) is 0 Å². The molecule has 0 spiro atoms. The fraction of sp³-hybridized carbons (Fsp3) is 0.0714. The zero-order chi connectivity index (χ0) is 15.1. The summed E-state index contributed by atoms with van der Waals surface area (Å²) in [6.45, 7) is 0. The molecule has 0 saturated heterocycles. The van der Waals surface area contributed by atoms with Gasteiger partial charge in [0.15, 0.2) is 5.65 Å². The lowest BCUT2D eigenvalue weighted by atomic mass is 10.1. The van der Waals surface area contributed by atoms with Crippen LogP contribution in [0.25, 0.3) is 11.2 Å². The molecular formula is C14H9N5O2S. The standard InChI is InChI=1S/C14H9N5O2S/c20-13-8-3-1-2-4-9(8)14(21)19(13)7-22-12-10-11(16-5-15-10)17-6-18-12/h1-6H,7H2,(H,15,16,17,18). The maximum absolute atomic E-state index is 12.3. The first kappa shape index (κ1) is 13.0. The number of fused-ring (bicyclic) bond motifs is 2. The van der Waals surface area contributed by atoms with Crippen LogP contribution in [0.3, 0.4) is 0 Å². The van der Waals surface area contributed by atoms with Crippen molar-refractivity contribution < 1.29 is 9.59 Å². The molecule has 0 bridgehead atoms. The predicted molar refractivity (Wildman–Crippen MR) is 79.3 cm³/mol. The van der Waals surface area contributed by atoms with Gasteiger partial charge in [-0.2, -0.15) is 0 Å². The summed E-state index contributed by atoms with van der Waals surface area (Å²) in [6.07, 6.45) is 2.94. The highest BCUT2D eigenvalue weighted by Gasteiger charge is 2.35. The van der Waals surface area contributed by atoms with Crippen molar-refractivity contribution in [1.29, 1.82) is 0 Å². The molecule has 1 aliphatic rings. The summed E-state index contributed by atoms with van der Waals surface area (Å²) >= 11 is 1.29. The largest absolute Gasteiger partial charge is 0.341 e. The Labute approximate surface area is 128 Å². The quantitative estimate of drug-likeness (QED) is 0.450. The number of nitrogens with one attached hydrogen (secondary N) is 1. The number of imidazole rings is 1. The number of carbonyl (C=O) groups is 2. The number of carbonyl (C=O) groups excluding carboxylic acids is 2. The summed E-state index contributed by atoms with van der Waals surface area (Å²) < 4.78 is 0. The zero-order valence-electron chi connectivity index (χ0n) is 11.2. The second kappa shape index (κ2) is 4.92. The van der Waals surface area contributed by atoms with Crippen molar-refractivity contribution in [2.45, 2.75) is 5.03 Å². The minimum Gasteiger partial charge on any atom is -0.341 e. The molecule has 3 heterocycles. The van der Waals surface area contributed by atoms with E-state index in [0.717, 1.165) is 0 Å². The first-order chi connectivity index (χ1) is 10.8. The first-order valence-electron chi connectivity index (χ1n) is 6.48. The van der Waals surface area contributed by atoms with Crippen molar-refractivity contribution in [3.05, 3.63) is 48.0 Å². The number of hydrogen-bond donors (Lipinski definition) is 1. The van der Waals surface area contributed by atoms with Gasteiger partial charge >= 0.3 is 0 Å². The van der Waals surface area contributed by atoms with E-state index in [-0.39, 0.29) is 17.7 Å². The van der Waals surface area contributed by atoms with E-state index < -0.39 is 0 Å². The molecule has 0 radical (unpaired) electrons. The Hall–Kier alpha value is -2.74. The van der Waals surface area contributed by atoms with Crippen molar-refractivity contribution in [3.8, 4) is 0 Å². The maximum Gasteiger partial charge on any atom is 0.262 e. The topological polar surface area (TPSA) is 91.8 Å². The van der Waals surface area contributed by atoms with Crippen LogP contribution >= 0.6 is 11.8 Å². The number of hydrogen-bond acceptors (Lipinski definition) is 6. The highest BCUT2D eigenvalue weighted by molar-refractivity contribution is 7.99. The second-order valence-electron chi connectivity index (χ2n) is 4.64. The van der Waals surface area contributed by atoms with E-state index in [4.69, 9.17) is 0 Å². The fourth-order valence-corrected chi connectivity index (χ4v) is 3.24.